The molecule has 2 aromatic rings. The van der Waals surface area contributed by atoms with Gasteiger partial charge in [0.2, 0.25) is 0 Å². The molecule has 1 aromatic carbocycles. The van der Waals surface area contributed by atoms with Crippen LogP contribution in [0.2, 0.25) is 0 Å². The summed E-state index contributed by atoms with van der Waals surface area (Å²) in [4.78, 5) is 0. The quantitative estimate of drug-likeness (QED) is 0.810. The van der Waals surface area contributed by atoms with Crippen LogP contribution >= 0.6 is 11.8 Å². The fourth-order valence-corrected chi connectivity index (χ4v) is 2.40. The molecule has 19 heavy (non-hydrogen) atoms. The number of nitrogens with zero attached hydrogens (tertiary/aromatic N) is 3. The van der Waals surface area contributed by atoms with E-state index in [2.05, 4.69) is 10.2 Å². The Bertz CT molecular complexity index is 578. The summed E-state index contributed by atoms with van der Waals surface area (Å²) in [5.41, 5.74) is -0.0137. The van der Waals surface area contributed by atoms with Gasteiger partial charge in [0.1, 0.15) is 5.82 Å². The highest BCUT2D eigenvalue weighted by molar-refractivity contribution is 7.98. The van der Waals surface area contributed by atoms with Crippen LogP contribution in [0.5, 0.6) is 0 Å². The van der Waals surface area contributed by atoms with E-state index in [1.807, 2.05) is 14.0 Å². The van der Waals surface area contributed by atoms with Gasteiger partial charge in [-0.1, -0.05) is 30.0 Å². The summed E-state index contributed by atoms with van der Waals surface area (Å²) < 4.78 is 39.5. The van der Waals surface area contributed by atoms with Gasteiger partial charge in [0.25, 0.3) is 0 Å². The number of hydrogen-bond donors (Lipinski definition) is 0. The third-order valence-corrected chi connectivity index (χ3v) is 3.77. The maximum absolute atomic E-state index is 12.6. The molecule has 0 aliphatic carbocycles. The lowest BCUT2D eigenvalue weighted by Crippen LogP contribution is -2.05. The van der Waals surface area contributed by atoms with Gasteiger partial charge in [-0.25, -0.2) is 0 Å². The van der Waals surface area contributed by atoms with Crippen LogP contribution < -0.4 is 0 Å². The van der Waals surface area contributed by atoms with Gasteiger partial charge in [-0.3, -0.25) is 0 Å². The summed E-state index contributed by atoms with van der Waals surface area (Å²) in [5, 5.41) is 8.54. The Kier molecular flexibility index (Phi) is 3.84. The van der Waals surface area contributed by atoms with Gasteiger partial charge in [0.05, 0.1) is 5.56 Å². The molecule has 0 saturated heterocycles. The first-order chi connectivity index (χ1) is 8.88. The van der Waals surface area contributed by atoms with Crippen molar-refractivity contribution in [3.63, 3.8) is 0 Å². The molecule has 3 nitrogen and oxygen atoms in total. The lowest BCUT2D eigenvalue weighted by atomic mass is 10.1. The number of benzene rings is 1. The molecule has 1 aromatic heterocycles. The zero-order chi connectivity index (χ0) is 14.0. The first-order valence-corrected chi connectivity index (χ1v) is 6.51. The number of rotatable bonds is 3. The summed E-state index contributed by atoms with van der Waals surface area (Å²) in [6, 6.07) is 5.32. The van der Waals surface area contributed by atoms with Gasteiger partial charge < -0.3 is 4.57 Å². The third kappa shape index (κ3) is 3.28. The van der Waals surface area contributed by atoms with E-state index >= 15 is 0 Å². The van der Waals surface area contributed by atoms with Gasteiger partial charge in [-0.05, 0) is 18.6 Å². The number of aryl methyl sites for hydroxylation is 1. The molecule has 0 amide bonds. The molecular weight excluding hydrogens is 275 g/mol. The van der Waals surface area contributed by atoms with Crippen molar-refractivity contribution in [3.05, 3.63) is 41.2 Å². The monoisotopic (exact) mass is 287 g/mol. The molecule has 7 heteroatoms. The number of halogens is 3. The highest BCUT2D eigenvalue weighted by Crippen LogP contribution is 2.30. The second-order valence-corrected chi connectivity index (χ2v) is 5.02. The first kappa shape index (κ1) is 13.9. The Hall–Kier alpha value is -1.50. The molecule has 1 heterocycles. The molecular formula is C12H12F3N3S. The summed E-state index contributed by atoms with van der Waals surface area (Å²) in [5.74, 6) is 1.20. The molecule has 102 valence electrons. The molecule has 0 radical (unpaired) electrons. The molecule has 0 aliphatic rings. The van der Waals surface area contributed by atoms with Gasteiger partial charge in [-0.2, -0.15) is 13.2 Å². The van der Waals surface area contributed by atoms with E-state index < -0.39 is 11.7 Å². The zero-order valence-corrected chi connectivity index (χ0v) is 11.2. The van der Waals surface area contributed by atoms with Crippen LogP contribution in [0, 0.1) is 6.92 Å². The SMILES string of the molecule is Cc1nnc(SCc2cccc(C(F)(F)F)c2)n1C. The Morgan fingerprint density at radius 3 is 2.58 bits per heavy atom. The van der Waals surface area contributed by atoms with Gasteiger partial charge >= 0.3 is 6.18 Å². The van der Waals surface area contributed by atoms with Crippen LogP contribution in [0.3, 0.4) is 0 Å². The molecule has 0 atom stereocenters. The highest BCUT2D eigenvalue weighted by Gasteiger charge is 2.30. The van der Waals surface area contributed by atoms with Crippen molar-refractivity contribution < 1.29 is 13.2 Å². The van der Waals surface area contributed by atoms with Crippen molar-refractivity contribution in [3.8, 4) is 0 Å². The lowest BCUT2D eigenvalue weighted by Gasteiger charge is -2.08. The predicted molar refractivity (Wildman–Crippen MR) is 66.7 cm³/mol. The largest absolute Gasteiger partial charge is 0.416 e. The number of aromatic nitrogens is 3. The summed E-state index contributed by atoms with van der Waals surface area (Å²) in [6.07, 6.45) is -4.30. The minimum Gasteiger partial charge on any atom is -0.309 e. The van der Waals surface area contributed by atoms with Crippen molar-refractivity contribution in [1.82, 2.24) is 14.8 Å². The van der Waals surface area contributed by atoms with Crippen molar-refractivity contribution in [2.45, 2.75) is 24.0 Å². The van der Waals surface area contributed by atoms with Crippen LogP contribution in [-0.4, -0.2) is 14.8 Å². The van der Waals surface area contributed by atoms with E-state index in [-0.39, 0.29) is 0 Å². The van der Waals surface area contributed by atoms with E-state index in [0.29, 0.717) is 16.5 Å². The normalized spacial score (nSPS) is 11.8. The number of alkyl halides is 3. The third-order valence-electron chi connectivity index (χ3n) is 2.67. The van der Waals surface area contributed by atoms with Crippen molar-refractivity contribution in [2.75, 3.05) is 0 Å². The van der Waals surface area contributed by atoms with Gasteiger partial charge in [0.15, 0.2) is 5.16 Å². The average molecular weight is 287 g/mol. The fourth-order valence-electron chi connectivity index (χ4n) is 1.50. The number of hydrogen-bond acceptors (Lipinski definition) is 3. The summed E-state index contributed by atoms with van der Waals surface area (Å²) in [7, 11) is 1.82. The van der Waals surface area contributed by atoms with Crippen molar-refractivity contribution >= 4 is 11.8 Å². The van der Waals surface area contributed by atoms with Crippen molar-refractivity contribution in [2.24, 2.45) is 7.05 Å². The molecule has 0 fully saturated rings. The fraction of sp³-hybridized carbons (Fsp3) is 0.333. The second kappa shape index (κ2) is 5.24. The van der Waals surface area contributed by atoms with Crippen LogP contribution in [0.25, 0.3) is 0 Å². The molecule has 0 spiro atoms. The maximum Gasteiger partial charge on any atom is 0.416 e. The Labute approximate surface area is 112 Å². The van der Waals surface area contributed by atoms with Crippen LogP contribution in [0.4, 0.5) is 13.2 Å². The highest BCUT2D eigenvalue weighted by atomic mass is 32.2. The van der Waals surface area contributed by atoms with E-state index in [1.165, 1.54) is 17.8 Å². The molecule has 0 aliphatic heterocycles. The van der Waals surface area contributed by atoms with E-state index in [9.17, 15) is 13.2 Å². The molecule has 0 N–H and O–H groups in total. The molecule has 2 rings (SSSR count). The zero-order valence-electron chi connectivity index (χ0n) is 10.4. The van der Waals surface area contributed by atoms with Gasteiger partial charge in [-0.15, -0.1) is 10.2 Å². The Morgan fingerprint density at radius 1 is 1.26 bits per heavy atom. The summed E-state index contributed by atoms with van der Waals surface area (Å²) >= 11 is 1.36. The smallest absolute Gasteiger partial charge is 0.309 e. The van der Waals surface area contributed by atoms with E-state index in [0.717, 1.165) is 18.0 Å². The summed E-state index contributed by atoms with van der Waals surface area (Å²) in [6.45, 7) is 1.82. The van der Waals surface area contributed by atoms with Crippen LogP contribution in [0.15, 0.2) is 29.4 Å². The second-order valence-electron chi connectivity index (χ2n) is 4.08. The Morgan fingerprint density at radius 2 is 2.00 bits per heavy atom. The van der Waals surface area contributed by atoms with Crippen LogP contribution in [-0.2, 0) is 19.0 Å². The molecule has 0 bridgehead atoms. The predicted octanol–water partition coefficient (Wildman–Crippen LogP) is 3.43. The minimum atomic E-state index is -4.30. The van der Waals surface area contributed by atoms with E-state index in [1.54, 1.807) is 10.6 Å². The van der Waals surface area contributed by atoms with Gasteiger partial charge in [0, 0.05) is 12.8 Å². The average Bonchev–Trinajstić information content (AvgIpc) is 2.67. The first-order valence-electron chi connectivity index (χ1n) is 5.53. The van der Waals surface area contributed by atoms with E-state index in [4.69, 9.17) is 0 Å². The lowest BCUT2D eigenvalue weighted by molar-refractivity contribution is -0.137. The number of thioether (sulfide) groups is 1. The minimum absolute atomic E-state index is 0.426. The topological polar surface area (TPSA) is 30.7 Å². The molecule has 0 saturated carbocycles. The maximum atomic E-state index is 12.6. The standard InChI is InChI=1S/C12H12F3N3S/c1-8-16-17-11(18(8)2)19-7-9-4-3-5-10(6-9)12(13,14)15/h3-6H,7H2,1-2H3. The molecule has 0 unspecified atom stereocenters. The Balaban J connectivity index is 2.10. The van der Waals surface area contributed by atoms with Crippen LogP contribution in [0.1, 0.15) is 17.0 Å². The van der Waals surface area contributed by atoms with Crippen molar-refractivity contribution in [1.29, 1.82) is 0 Å².